The summed E-state index contributed by atoms with van der Waals surface area (Å²) in [5.41, 5.74) is 2.27. The number of aryl methyl sites for hydroxylation is 2. The van der Waals surface area contributed by atoms with Crippen LogP contribution in [0, 0.1) is 13.8 Å². The van der Waals surface area contributed by atoms with Crippen LogP contribution in [0.15, 0.2) is 41.3 Å². The molecule has 0 spiro atoms. The lowest BCUT2D eigenvalue weighted by molar-refractivity contribution is -0.116. The molecule has 10 heteroatoms. The van der Waals surface area contributed by atoms with Crippen molar-refractivity contribution in [2.24, 2.45) is 0 Å². The fourth-order valence-electron chi connectivity index (χ4n) is 2.99. The van der Waals surface area contributed by atoms with E-state index < -0.39 is 26.0 Å². The van der Waals surface area contributed by atoms with Crippen LogP contribution < -0.4 is 13.8 Å². The summed E-state index contributed by atoms with van der Waals surface area (Å²) in [6.07, 6.45) is -0.140. The molecule has 1 aliphatic rings. The Morgan fingerprint density at radius 3 is 2.41 bits per heavy atom. The Hall–Kier alpha value is -2.59. The highest BCUT2D eigenvalue weighted by Crippen LogP contribution is 2.33. The van der Waals surface area contributed by atoms with Crippen LogP contribution in [0.3, 0.4) is 0 Å². The van der Waals surface area contributed by atoms with Gasteiger partial charge in [-0.1, -0.05) is 6.07 Å². The number of ether oxygens (including phenoxy) is 1. The SMILES string of the molecule is CCOc1ccc(N2C(=O)CCS2(=O)=O)cc1S(=O)(=O)Nc1ccc(C)c(C)c1. The molecule has 1 N–H and O–H groups in total. The molecule has 1 saturated heterocycles. The maximum Gasteiger partial charge on any atom is 0.265 e. The number of hydrogen-bond donors (Lipinski definition) is 1. The van der Waals surface area contributed by atoms with Gasteiger partial charge in [-0.2, -0.15) is 0 Å². The van der Waals surface area contributed by atoms with Crippen LogP contribution in [0.2, 0.25) is 0 Å². The van der Waals surface area contributed by atoms with Crippen molar-refractivity contribution in [3.8, 4) is 5.75 Å². The van der Waals surface area contributed by atoms with Gasteiger partial charge in [-0.05, 0) is 62.2 Å². The van der Waals surface area contributed by atoms with Crippen LogP contribution in [0.5, 0.6) is 5.75 Å². The predicted octanol–water partition coefficient (Wildman–Crippen LogP) is 2.57. The molecule has 0 aliphatic carbocycles. The van der Waals surface area contributed by atoms with Gasteiger partial charge in [0, 0.05) is 12.1 Å². The maximum absolute atomic E-state index is 13.1. The molecule has 0 aromatic heterocycles. The van der Waals surface area contributed by atoms with Gasteiger partial charge in [-0.25, -0.2) is 21.1 Å². The van der Waals surface area contributed by atoms with Gasteiger partial charge < -0.3 is 4.74 Å². The van der Waals surface area contributed by atoms with E-state index in [0.29, 0.717) is 9.99 Å². The molecule has 8 nitrogen and oxygen atoms in total. The number of carbonyl (C=O) groups excluding carboxylic acids is 1. The third-order valence-corrected chi connectivity index (χ3v) is 7.68. The molecule has 2 aromatic rings. The Kier molecular flexibility index (Phi) is 5.59. The van der Waals surface area contributed by atoms with Gasteiger partial charge >= 0.3 is 0 Å². The van der Waals surface area contributed by atoms with Gasteiger partial charge in [0.25, 0.3) is 10.0 Å². The van der Waals surface area contributed by atoms with E-state index in [-0.39, 0.29) is 35.1 Å². The number of nitrogens with one attached hydrogen (secondary N) is 1. The Labute approximate surface area is 170 Å². The van der Waals surface area contributed by atoms with Crippen LogP contribution in [0.25, 0.3) is 0 Å². The van der Waals surface area contributed by atoms with Gasteiger partial charge in [0.1, 0.15) is 10.6 Å². The first kappa shape index (κ1) is 21.1. The van der Waals surface area contributed by atoms with Crippen LogP contribution in [-0.2, 0) is 24.8 Å². The van der Waals surface area contributed by atoms with Crippen molar-refractivity contribution in [3.05, 3.63) is 47.5 Å². The average molecular weight is 439 g/mol. The highest BCUT2D eigenvalue weighted by molar-refractivity contribution is 7.94. The molecule has 0 saturated carbocycles. The van der Waals surface area contributed by atoms with Crippen molar-refractivity contribution >= 4 is 37.3 Å². The minimum Gasteiger partial charge on any atom is -0.492 e. The largest absolute Gasteiger partial charge is 0.492 e. The molecule has 29 heavy (non-hydrogen) atoms. The minimum atomic E-state index is -4.11. The highest BCUT2D eigenvalue weighted by Gasteiger charge is 2.37. The second-order valence-electron chi connectivity index (χ2n) is 6.69. The average Bonchev–Trinajstić information content (AvgIpc) is 2.91. The number of benzene rings is 2. The van der Waals surface area contributed by atoms with Crippen LogP contribution in [0.4, 0.5) is 11.4 Å². The molecule has 0 unspecified atom stereocenters. The van der Waals surface area contributed by atoms with Gasteiger partial charge in [0.15, 0.2) is 0 Å². The lowest BCUT2D eigenvalue weighted by Crippen LogP contribution is -2.29. The first-order chi connectivity index (χ1) is 13.5. The third kappa shape index (κ3) is 4.23. The summed E-state index contributed by atoms with van der Waals surface area (Å²) in [6, 6.07) is 9.00. The first-order valence-corrected chi connectivity index (χ1v) is 12.1. The molecule has 1 amide bonds. The van der Waals surface area contributed by atoms with Crippen molar-refractivity contribution < 1.29 is 26.4 Å². The van der Waals surface area contributed by atoms with Crippen molar-refractivity contribution in [2.75, 3.05) is 21.4 Å². The summed E-state index contributed by atoms with van der Waals surface area (Å²) in [7, 11) is -7.93. The van der Waals surface area contributed by atoms with Crippen molar-refractivity contribution in [1.82, 2.24) is 0 Å². The fourth-order valence-corrected chi connectivity index (χ4v) is 5.66. The molecule has 1 fully saturated rings. The summed E-state index contributed by atoms with van der Waals surface area (Å²) >= 11 is 0. The Morgan fingerprint density at radius 1 is 1.10 bits per heavy atom. The summed E-state index contributed by atoms with van der Waals surface area (Å²) in [5, 5.41) is 0. The number of rotatable bonds is 6. The van der Waals surface area contributed by atoms with Crippen molar-refractivity contribution in [1.29, 1.82) is 0 Å². The van der Waals surface area contributed by atoms with Crippen LogP contribution >= 0.6 is 0 Å². The van der Waals surface area contributed by atoms with Gasteiger partial charge in [0.05, 0.1) is 18.0 Å². The molecule has 0 radical (unpaired) electrons. The number of hydrogen-bond acceptors (Lipinski definition) is 6. The standard InChI is InChI=1S/C19H22N2O6S2/c1-4-27-17-8-7-16(21-19(22)9-10-28(21,23)24)12-18(17)29(25,26)20-15-6-5-13(2)14(3)11-15/h5-8,11-12,20H,4,9-10H2,1-3H3. The van der Waals surface area contributed by atoms with E-state index in [0.717, 1.165) is 17.2 Å². The Balaban J connectivity index is 2.08. The highest BCUT2D eigenvalue weighted by atomic mass is 32.2. The summed E-state index contributed by atoms with van der Waals surface area (Å²) in [6.45, 7) is 5.70. The van der Waals surface area contributed by atoms with Crippen LogP contribution in [0.1, 0.15) is 24.5 Å². The molecular weight excluding hydrogens is 416 g/mol. The van der Waals surface area contributed by atoms with E-state index in [1.165, 1.54) is 12.1 Å². The zero-order valence-electron chi connectivity index (χ0n) is 16.3. The maximum atomic E-state index is 13.1. The predicted molar refractivity (Wildman–Crippen MR) is 110 cm³/mol. The molecule has 0 bridgehead atoms. The summed E-state index contributed by atoms with van der Waals surface area (Å²) in [4.78, 5) is 11.8. The second kappa shape index (κ2) is 7.68. The monoisotopic (exact) mass is 438 g/mol. The number of carbonyl (C=O) groups is 1. The molecule has 1 aliphatic heterocycles. The van der Waals surface area contributed by atoms with E-state index in [2.05, 4.69) is 4.72 Å². The zero-order chi connectivity index (χ0) is 21.4. The molecule has 2 aromatic carbocycles. The summed E-state index contributed by atoms with van der Waals surface area (Å²) in [5.74, 6) is -0.835. The molecule has 0 atom stereocenters. The summed E-state index contributed by atoms with van der Waals surface area (Å²) < 4.78 is 59.1. The number of amides is 1. The second-order valence-corrected chi connectivity index (χ2v) is 10.3. The number of anilines is 2. The van der Waals surface area contributed by atoms with E-state index in [1.807, 2.05) is 13.8 Å². The van der Waals surface area contributed by atoms with E-state index in [1.54, 1.807) is 25.1 Å². The first-order valence-electron chi connectivity index (χ1n) is 8.98. The number of nitrogens with zero attached hydrogens (tertiary/aromatic N) is 1. The van der Waals surface area contributed by atoms with Gasteiger partial charge in [-0.15, -0.1) is 0 Å². The van der Waals surface area contributed by atoms with E-state index in [4.69, 9.17) is 4.74 Å². The van der Waals surface area contributed by atoms with Gasteiger partial charge in [0.2, 0.25) is 15.9 Å². The lowest BCUT2D eigenvalue weighted by atomic mass is 10.1. The third-order valence-electron chi connectivity index (χ3n) is 4.59. The molecule has 3 rings (SSSR count). The Bertz CT molecular complexity index is 1170. The topological polar surface area (TPSA) is 110 Å². The lowest BCUT2D eigenvalue weighted by Gasteiger charge is -2.18. The van der Waals surface area contributed by atoms with Crippen LogP contribution in [-0.4, -0.2) is 35.1 Å². The van der Waals surface area contributed by atoms with Gasteiger partial charge in [-0.3, -0.25) is 9.52 Å². The normalized spacial score (nSPS) is 16.1. The van der Waals surface area contributed by atoms with Crippen molar-refractivity contribution in [3.63, 3.8) is 0 Å². The molecule has 1 heterocycles. The Morgan fingerprint density at radius 2 is 1.83 bits per heavy atom. The quantitative estimate of drug-likeness (QED) is 0.742. The van der Waals surface area contributed by atoms with Crippen molar-refractivity contribution in [2.45, 2.75) is 32.1 Å². The number of sulfonamides is 2. The fraction of sp³-hybridized carbons (Fsp3) is 0.316. The zero-order valence-corrected chi connectivity index (χ0v) is 17.9. The molecule has 156 valence electrons. The minimum absolute atomic E-state index is 0.0311. The van der Waals surface area contributed by atoms with E-state index in [9.17, 15) is 21.6 Å². The smallest absolute Gasteiger partial charge is 0.265 e. The van der Waals surface area contributed by atoms with E-state index >= 15 is 0 Å². The molecular formula is C19H22N2O6S2.